The third kappa shape index (κ3) is 8.44. The van der Waals surface area contributed by atoms with Crippen LogP contribution in [0.3, 0.4) is 0 Å². The number of benzene rings is 3. The molecule has 3 aromatic carbocycles. The highest BCUT2D eigenvalue weighted by Gasteiger charge is 2.32. The van der Waals surface area contributed by atoms with Gasteiger partial charge >= 0.3 is 12.0 Å². The van der Waals surface area contributed by atoms with E-state index in [2.05, 4.69) is 38.1 Å². The number of carboxylic acids is 1. The molecule has 55 heavy (non-hydrogen) atoms. The number of fused-ring (bicyclic) bond motifs is 1. The van der Waals surface area contributed by atoms with Crippen molar-refractivity contribution in [2.45, 2.75) is 26.6 Å². The van der Waals surface area contributed by atoms with E-state index in [0.29, 0.717) is 50.8 Å². The van der Waals surface area contributed by atoms with Crippen LogP contribution in [0.5, 0.6) is 0 Å². The number of anilines is 4. The number of primary amides is 1. The van der Waals surface area contributed by atoms with Gasteiger partial charge in [0, 0.05) is 72.3 Å². The number of aromatic carboxylic acids is 1. The normalized spacial score (nSPS) is 15.7. The third-order valence-corrected chi connectivity index (χ3v) is 9.88. The van der Waals surface area contributed by atoms with Crippen LogP contribution in [0, 0.1) is 13.8 Å². The molecular weight excluding hydrogens is 702 g/mol. The molecule has 0 radical (unpaired) electrons. The van der Waals surface area contributed by atoms with Gasteiger partial charge in [0.1, 0.15) is 0 Å². The molecule has 2 aliphatic rings. The summed E-state index contributed by atoms with van der Waals surface area (Å²) in [5.74, 6) is -2.58. The summed E-state index contributed by atoms with van der Waals surface area (Å²) in [5.41, 5.74) is 11.0. The van der Waals surface area contributed by atoms with Gasteiger partial charge in [-0.25, -0.2) is 9.59 Å². The molecule has 15 nitrogen and oxygen atoms in total. The molecule has 6 rings (SSSR count). The lowest BCUT2D eigenvalue weighted by Gasteiger charge is -2.32. The molecule has 1 saturated heterocycles. The van der Waals surface area contributed by atoms with Crippen molar-refractivity contribution in [1.29, 1.82) is 0 Å². The second kappa shape index (κ2) is 16.0. The summed E-state index contributed by atoms with van der Waals surface area (Å²) in [6, 6.07) is 18.7. The summed E-state index contributed by atoms with van der Waals surface area (Å²) in [7, 11) is 5.42. The number of carbonyl (C=O) groups is 5. The van der Waals surface area contributed by atoms with E-state index in [1.54, 1.807) is 81.4 Å². The third-order valence-electron chi connectivity index (χ3n) is 9.88. The fourth-order valence-electron chi connectivity index (χ4n) is 7.05. The Morgan fingerprint density at radius 2 is 1.55 bits per heavy atom. The molecule has 1 aromatic heterocycles. The van der Waals surface area contributed by atoms with Crippen LogP contribution in [-0.2, 0) is 16.1 Å². The number of nitrogens with one attached hydrogen (secondary N) is 4. The number of aromatic nitrogens is 1. The second-order valence-corrected chi connectivity index (χ2v) is 14.0. The number of hydrogen-bond acceptors (Lipinski definition) is 8. The van der Waals surface area contributed by atoms with Crippen LogP contribution in [-0.4, -0.2) is 101 Å². The van der Waals surface area contributed by atoms with Gasteiger partial charge < -0.3 is 41.6 Å². The highest BCUT2D eigenvalue weighted by molar-refractivity contribution is 6.35. The predicted molar refractivity (Wildman–Crippen MR) is 212 cm³/mol. The molecule has 2 aliphatic heterocycles. The fraction of sp³-hybridized carbons (Fsp3) is 0.275. The first-order valence-corrected chi connectivity index (χ1v) is 17.8. The number of carbonyl (C=O) groups excluding carboxylic acids is 4. The molecule has 0 saturated carbocycles. The van der Waals surface area contributed by atoms with E-state index in [-0.39, 0.29) is 17.0 Å². The first kappa shape index (κ1) is 38.4. The lowest BCUT2D eigenvalue weighted by atomic mass is 10.0. The number of hydrogen-bond donors (Lipinski definition) is 6. The summed E-state index contributed by atoms with van der Waals surface area (Å²) < 4.78 is 1.52. The van der Waals surface area contributed by atoms with Crippen LogP contribution in [0.4, 0.5) is 27.5 Å². The van der Waals surface area contributed by atoms with E-state index in [4.69, 9.17) is 5.73 Å². The van der Waals surface area contributed by atoms with Gasteiger partial charge in [0.05, 0.1) is 16.8 Å². The zero-order valence-corrected chi connectivity index (χ0v) is 31.4. The smallest absolute Gasteiger partial charge is 0.337 e. The van der Waals surface area contributed by atoms with Crippen molar-refractivity contribution in [3.63, 3.8) is 0 Å². The highest BCUT2D eigenvalue weighted by Crippen LogP contribution is 2.37. The number of piperazine rings is 1. The second-order valence-electron chi connectivity index (χ2n) is 14.0. The standard InChI is InChI=1S/C40H45N9O6/c1-23-33(49(24(2)34(23)39(53)54)38(35(41)50)46(3)4)21-31-30-14-13-29(20-32(30)45-37(31)52)44-40(55)43-28-8-6-7-27(19-28)42-36(51)26-11-9-25(10-12-26)22-48-17-15-47(5)16-18-48/h6-14,19-21,38H,15-18,22H2,1-5H3,(H2,41,50)(H,42,51)(H,45,52)(H,53,54)(H2,43,44,55). The SMILES string of the molecule is Cc1c(C(=O)O)c(C)n(C(C(N)=O)N(C)C)c1C=C1C(=O)Nc2cc(NC(=O)Nc3cccc(NC(=O)c4ccc(CN5CCN(C)CC5)cc4)c3)ccc21. The van der Waals surface area contributed by atoms with Crippen molar-refractivity contribution >= 4 is 64.1 Å². The van der Waals surface area contributed by atoms with Gasteiger partial charge in [-0.05, 0) is 94.7 Å². The van der Waals surface area contributed by atoms with Crippen LogP contribution in [0.1, 0.15) is 55.0 Å². The van der Waals surface area contributed by atoms with Crippen molar-refractivity contribution in [2.75, 3.05) is 68.6 Å². The van der Waals surface area contributed by atoms with Crippen molar-refractivity contribution < 1.29 is 29.1 Å². The Labute approximate surface area is 318 Å². The van der Waals surface area contributed by atoms with Crippen LogP contribution in [0.15, 0.2) is 66.7 Å². The van der Waals surface area contributed by atoms with Gasteiger partial charge in [-0.15, -0.1) is 0 Å². The number of likely N-dealkylation sites (N-methyl/N-ethyl adjacent to an activating group) is 2. The van der Waals surface area contributed by atoms with E-state index in [1.165, 1.54) is 4.57 Å². The number of nitrogens with zero attached hydrogens (tertiary/aromatic N) is 4. The van der Waals surface area contributed by atoms with Crippen molar-refractivity contribution in [3.8, 4) is 0 Å². The maximum Gasteiger partial charge on any atom is 0.337 e. The maximum atomic E-state index is 13.3. The Balaban J connectivity index is 1.12. The van der Waals surface area contributed by atoms with Gasteiger partial charge in [0.15, 0.2) is 6.17 Å². The molecule has 0 bridgehead atoms. The Hall–Kier alpha value is -6.29. The number of urea groups is 1. The minimum absolute atomic E-state index is 0.0129. The quantitative estimate of drug-likeness (QED) is 0.120. The van der Waals surface area contributed by atoms with Crippen molar-refractivity contribution in [1.82, 2.24) is 19.3 Å². The fourth-order valence-corrected chi connectivity index (χ4v) is 7.05. The Bertz CT molecular complexity index is 2200. The summed E-state index contributed by atoms with van der Waals surface area (Å²) in [6.07, 6.45) is 0.533. The molecule has 0 aliphatic carbocycles. The Morgan fingerprint density at radius 1 is 0.909 bits per heavy atom. The van der Waals surface area contributed by atoms with Gasteiger partial charge in [-0.3, -0.25) is 24.2 Å². The topological polar surface area (TPSA) is 194 Å². The Morgan fingerprint density at radius 3 is 2.16 bits per heavy atom. The summed E-state index contributed by atoms with van der Waals surface area (Å²) in [5, 5.41) is 21.2. The molecule has 5 amide bonds. The predicted octanol–water partition coefficient (Wildman–Crippen LogP) is 4.49. The molecule has 0 spiro atoms. The monoisotopic (exact) mass is 747 g/mol. The number of rotatable bonds is 11. The summed E-state index contributed by atoms with van der Waals surface area (Å²) in [4.78, 5) is 70.3. The van der Waals surface area contributed by atoms with Gasteiger partial charge in [-0.2, -0.15) is 0 Å². The molecule has 1 unspecified atom stereocenters. The zero-order valence-electron chi connectivity index (χ0n) is 31.4. The zero-order chi connectivity index (χ0) is 39.6. The molecule has 7 N–H and O–H groups in total. The van der Waals surface area contributed by atoms with Gasteiger partial charge in [0.25, 0.3) is 17.7 Å². The molecule has 4 aromatic rings. The van der Waals surface area contributed by atoms with E-state index < -0.39 is 30.0 Å². The van der Waals surface area contributed by atoms with Crippen LogP contribution < -0.4 is 27.0 Å². The van der Waals surface area contributed by atoms with Crippen LogP contribution in [0.2, 0.25) is 0 Å². The van der Waals surface area contributed by atoms with Gasteiger partial charge in [-0.1, -0.05) is 24.3 Å². The van der Waals surface area contributed by atoms with Crippen molar-refractivity contribution in [2.24, 2.45) is 5.73 Å². The molecule has 286 valence electrons. The lowest BCUT2D eigenvalue weighted by molar-refractivity contribution is -0.125. The minimum atomic E-state index is -1.17. The highest BCUT2D eigenvalue weighted by atomic mass is 16.4. The van der Waals surface area contributed by atoms with E-state index in [1.807, 2.05) is 24.3 Å². The number of amides is 5. The van der Waals surface area contributed by atoms with Crippen LogP contribution >= 0.6 is 0 Å². The number of nitrogens with two attached hydrogens (primary N) is 1. The van der Waals surface area contributed by atoms with Crippen LogP contribution in [0.25, 0.3) is 11.6 Å². The summed E-state index contributed by atoms with van der Waals surface area (Å²) >= 11 is 0. The lowest BCUT2D eigenvalue weighted by Crippen LogP contribution is -2.43. The largest absolute Gasteiger partial charge is 0.478 e. The molecule has 1 atom stereocenters. The van der Waals surface area contributed by atoms with Crippen molar-refractivity contribution in [3.05, 3.63) is 106 Å². The summed E-state index contributed by atoms with van der Waals surface area (Å²) in [6.45, 7) is 8.15. The maximum absolute atomic E-state index is 13.3. The van der Waals surface area contributed by atoms with E-state index in [0.717, 1.165) is 38.3 Å². The molecule has 15 heteroatoms. The molecular formula is C40H45N9O6. The average molecular weight is 748 g/mol. The molecule has 1 fully saturated rings. The Kier molecular flexibility index (Phi) is 11.2. The van der Waals surface area contributed by atoms with E-state index in [9.17, 15) is 29.1 Å². The minimum Gasteiger partial charge on any atom is -0.478 e. The number of carboxylic acid groups (broad SMARTS) is 1. The first-order chi connectivity index (χ1) is 26.2. The average Bonchev–Trinajstić information content (AvgIpc) is 3.56. The van der Waals surface area contributed by atoms with Gasteiger partial charge in [0.2, 0.25) is 0 Å². The first-order valence-electron chi connectivity index (χ1n) is 17.8. The van der Waals surface area contributed by atoms with E-state index >= 15 is 0 Å². The molecule has 3 heterocycles.